The molecule has 0 unspecified atom stereocenters. The summed E-state index contributed by atoms with van der Waals surface area (Å²) < 4.78 is 13.4. The molecule has 0 bridgehead atoms. The van der Waals surface area contributed by atoms with Gasteiger partial charge in [0.1, 0.15) is 11.0 Å². The maximum Gasteiger partial charge on any atom is 0.147 e. The van der Waals surface area contributed by atoms with Crippen molar-refractivity contribution in [2.45, 2.75) is 0 Å². The van der Waals surface area contributed by atoms with Crippen LogP contribution in [0.4, 0.5) is 4.39 Å². The molecule has 0 aliphatic rings. The predicted molar refractivity (Wildman–Crippen MR) is 57.4 cm³/mol. The highest BCUT2D eigenvalue weighted by Crippen LogP contribution is 2.24. The largest absolute Gasteiger partial charge is 0.251 e. The first-order valence-corrected chi connectivity index (χ1v) is 4.85. The number of benzene rings is 1. The van der Waals surface area contributed by atoms with E-state index in [0.717, 1.165) is 0 Å². The summed E-state index contributed by atoms with van der Waals surface area (Å²) in [5.74, 6) is -0.393. The topological polar surface area (TPSA) is 25.8 Å². The Morgan fingerprint density at radius 3 is 2.53 bits per heavy atom. The summed E-state index contributed by atoms with van der Waals surface area (Å²) in [7, 11) is 0. The molecule has 2 aromatic rings. The zero-order valence-corrected chi connectivity index (χ0v) is 8.93. The maximum atomic E-state index is 13.4. The average molecular weight is 243 g/mol. The Bertz CT molecular complexity index is 485. The summed E-state index contributed by atoms with van der Waals surface area (Å²) in [6.45, 7) is 0. The Morgan fingerprint density at radius 2 is 1.87 bits per heavy atom. The summed E-state index contributed by atoms with van der Waals surface area (Å²) in [5.41, 5.74) is 0.714. The molecule has 5 heteroatoms. The predicted octanol–water partition coefficient (Wildman–Crippen LogP) is 3.59. The fourth-order valence-corrected chi connectivity index (χ4v) is 1.41. The molecule has 1 heterocycles. The second-order valence-corrected chi connectivity index (χ2v) is 3.67. The van der Waals surface area contributed by atoms with Crippen molar-refractivity contribution in [2.24, 2.45) is 0 Å². The first kappa shape index (κ1) is 10.3. The Hall–Kier alpha value is -1.19. The molecule has 0 fully saturated rings. The van der Waals surface area contributed by atoms with Gasteiger partial charge in [-0.25, -0.2) is 9.37 Å². The van der Waals surface area contributed by atoms with Gasteiger partial charge in [0, 0.05) is 10.6 Å². The highest BCUT2D eigenvalue weighted by atomic mass is 35.5. The molecule has 1 aromatic heterocycles. The van der Waals surface area contributed by atoms with Crippen LogP contribution >= 0.6 is 23.2 Å². The van der Waals surface area contributed by atoms with Crippen molar-refractivity contribution >= 4 is 23.2 Å². The lowest BCUT2D eigenvalue weighted by Gasteiger charge is -2.02. The van der Waals surface area contributed by atoms with E-state index in [-0.39, 0.29) is 5.15 Å². The second-order valence-electron chi connectivity index (χ2n) is 2.85. The van der Waals surface area contributed by atoms with Crippen molar-refractivity contribution in [3.05, 3.63) is 46.6 Å². The van der Waals surface area contributed by atoms with Gasteiger partial charge in [-0.3, -0.25) is 4.98 Å². The van der Waals surface area contributed by atoms with Gasteiger partial charge in [0.25, 0.3) is 0 Å². The van der Waals surface area contributed by atoms with Gasteiger partial charge in [0.15, 0.2) is 0 Å². The van der Waals surface area contributed by atoms with Crippen molar-refractivity contribution in [3.63, 3.8) is 0 Å². The summed E-state index contributed by atoms with van der Waals surface area (Å²) in [6.07, 6.45) is 2.76. The standard InChI is InChI=1S/C10H5Cl2FN2/c11-6-1-2-8(13)7(3-6)9-4-15-10(12)5-14-9/h1-5H. The highest BCUT2D eigenvalue weighted by molar-refractivity contribution is 6.30. The summed E-state index contributed by atoms with van der Waals surface area (Å²) in [4.78, 5) is 7.78. The first-order chi connectivity index (χ1) is 7.16. The SMILES string of the molecule is Fc1ccc(Cl)cc1-c1cnc(Cl)cn1. The van der Waals surface area contributed by atoms with Crippen molar-refractivity contribution < 1.29 is 4.39 Å². The molecule has 76 valence electrons. The van der Waals surface area contributed by atoms with E-state index in [2.05, 4.69) is 9.97 Å². The lowest BCUT2D eigenvalue weighted by Crippen LogP contribution is -1.89. The van der Waals surface area contributed by atoms with Gasteiger partial charge in [0.05, 0.1) is 18.1 Å². The molecule has 0 aliphatic carbocycles. The lowest BCUT2D eigenvalue weighted by atomic mass is 10.1. The molecule has 0 N–H and O–H groups in total. The van der Waals surface area contributed by atoms with Crippen LogP contribution in [0.15, 0.2) is 30.6 Å². The van der Waals surface area contributed by atoms with Crippen LogP contribution in [0.5, 0.6) is 0 Å². The minimum absolute atomic E-state index is 0.265. The molecule has 2 nitrogen and oxygen atoms in total. The van der Waals surface area contributed by atoms with Crippen LogP contribution in [0.1, 0.15) is 0 Å². The van der Waals surface area contributed by atoms with Crippen LogP contribution in [0, 0.1) is 5.82 Å². The number of hydrogen-bond acceptors (Lipinski definition) is 2. The van der Waals surface area contributed by atoms with Crippen LogP contribution in [0.25, 0.3) is 11.3 Å². The van der Waals surface area contributed by atoms with E-state index in [0.29, 0.717) is 16.3 Å². The molecular formula is C10H5Cl2FN2. The van der Waals surface area contributed by atoms with E-state index in [1.54, 1.807) is 0 Å². The number of halogens is 3. The van der Waals surface area contributed by atoms with Gasteiger partial charge >= 0.3 is 0 Å². The molecular weight excluding hydrogens is 238 g/mol. The second kappa shape index (κ2) is 4.13. The fourth-order valence-electron chi connectivity index (χ4n) is 1.15. The van der Waals surface area contributed by atoms with Crippen molar-refractivity contribution in [1.29, 1.82) is 0 Å². The van der Waals surface area contributed by atoms with Gasteiger partial charge < -0.3 is 0 Å². The Labute approximate surface area is 95.7 Å². The van der Waals surface area contributed by atoms with Crippen LogP contribution in [-0.4, -0.2) is 9.97 Å². The zero-order chi connectivity index (χ0) is 10.8. The minimum atomic E-state index is -0.393. The Kier molecular flexibility index (Phi) is 2.84. The van der Waals surface area contributed by atoms with Crippen LogP contribution in [0.2, 0.25) is 10.2 Å². The van der Waals surface area contributed by atoms with E-state index in [1.165, 1.54) is 30.6 Å². The molecule has 0 saturated carbocycles. The van der Waals surface area contributed by atoms with Gasteiger partial charge in [-0.2, -0.15) is 0 Å². The summed E-state index contributed by atoms with van der Waals surface area (Å²) >= 11 is 11.3. The zero-order valence-electron chi connectivity index (χ0n) is 7.42. The maximum absolute atomic E-state index is 13.4. The van der Waals surface area contributed by atoms with E-state index in [1.807, 2.05) is 0 Å². The van der Waals surface area contributed by atoms with Crippen molar-refractivity contribution in [1.82, 2.24) is 9.97 Å². The number of hydrogen-bond donors (Lipinski definition) is 0. The van der Waals surface area contributed by atoms with Crippen LogP contribution in [-0.2, 0) is 0 Å². The summed E-state index contributed by atoms with van der Waals surface area (Å²) in [5, 5.41) is 0.712. The minimum Gasteiger partial charge on any atom is -0.251 e. The molecule has 0 spiro atoms. The van der Waals surface area contributed by atoms with E-state index < -0.39 is 5.82 Å². The fraction of sp³-hybridized carbons (Fsp3) is 0. The lowest BCUT2D eigenvalue weighted by molar-refractivity contribution is 0.630. The molecule has 0 saturated heterocycles. The van der Waals surface area contributed by atoms with Crippen molar-refractivity contribution in [2.75, 3.05) is 0 Å². The van der Waals surface area contributed by atoms with E-state index in [4.69, 9.17) is 23.2 Å². The molecule has 15 heavy (non-hydrogen) atoms. The number of aromatic nitrogens is 2. The van der Waals surface area contributed by atoms with Crippen molar-refractivity contribution in [3.8, 4) is 11.3 Å². The molecule has 0 atom stereocenters. The van der Waals surface area contributed by atoms with Crippen LogP contribution < -0.4 is 0 Å². The quantitative estimate of drug-likeness (QED) is 0.764. The number of rotatable bonds is 1. The molecule has 1 aromatic carbocycles. The third kappa shape index (κ3) is 2.25. The average Bonchev–Trinajstić information content (AvgIpc) is 2.23. The third-order valence-electron chi connectivity index (χ3n) is 1.82. The van der Waals surface area contributed by atoms with E-state index in [9.17, 15) is 4.39 Å². The summed E-state index contributed by atoms with van der Waals surface area (Å²) in [6, 6.07) is 4.26. The first-order valence-electron chi connectivity index (χ1n) is 4.10. The van der Waals surface area contributed by atoms with Gasteiger partial charge in [-0.15, -0.1) is 0 Å². The highest BCUT2D eigenvalue weighted by Gasteiger charge is 2.07. The smallest absolute Gasteiger partial charge is 0.147 e. The van der Waals surface area contributed by atoms with Gasteiger partial charge in [-0.05, 0) is 18.2 Å². The molecule has 0 amide bonds. The van der Waals surface area contributed by atoms with Crippen LogP contribution in [0.3, 0.4) is 0 Å². The third-order valence-corrected chi connectivity index (χ3v) is 2.25. The monoisotopic (exact) mass is 242 g/mol. The number of nitrogens with zero attached hydrogens (tertiary/aromatic N) is 2. The molecule has 2 rings (SSSR count). The van der Waals surface area contributed by atoms with Gasteiger partial charge in [0.2, 0.25) is 0 Å². The molecule has 0 radical (unpaired) electrons. The molecule has 0 aliphatic heterocycles. The van der Waals surface area contributed by atoms with E-state index >= 15 is 0 Å². The Morgan fingerprint density at radius 1 is 1.07 bits per heavy atom. The Balaban J connectivity index is 2.53. The normalized spacial score (nSPS) is 10.3. The van der Waals surface area contributed by atoms with Gasteiger partial charge in [-0.1, -0.05) is 23.2 Å².